The summed E-state index contributed by atoms with van der Waals surface area (Å²) in [5.41, 5.74) is 12.0. The van der Waals surface area contributed by atoms with Crippen LogP contribution in [0.5, 0.6) is 0 Å². The number of carboxylic acids is 6. The van der Waals surface area contributed by atoms with E-state index in [-0.39, 0.29) is 123 Å². The first-order valence-electron chi connectivity index (χ1n) is 41.1. The maximum Gasteiger partial charge on any atom is 0.308 e. The highest BCUT2D eigenvalue weighted by molar-refractivity contribution is 6.07. The molecule has 0 bridgehead atoms. The van der Waals surface area contributed by atoms with Crippen molar-refractivity contribution in [2.75, 3.05) is 51.6 Å². The number of benzene rings is 1. The number of para-hydroxylation sites is 1. The van der Waals surface area contributed by atoms with E-state index in [0.29, 0.717) is 153 Å². The fourth-order valence-corrected chi connectivity index (χ4v) is 12.5. The molecule has 0 saturated heterocycles. The van der Waals surface area contributed by atoms with Gasteiger partial charge in [-0.25, -0.2) is 0 Å². The number of unbranched alkanes of at least 4 members (excludes halogenated alkanes) is 1. The van der Waals surface area contributed by atoms with Gasteiger partial charge in [0.05, 0.1) is 31.3 Å². The summed E-state index contributed by atoms with van der Waals surface area (Å²) in [6.45, 7) is 9.56. The molecule has 15 N–H and O–H groups in total. The Morgan fingerprint density at radius 1 is 0.476 bits per heavy atom. The number of hydrogen-bond donors (Lipinski definition) is 14. The molecule has 1 aromatic carbocycles. The first-order valence-corrected chi connectivity index (χ1v) is 41.1. The lowest BCUT2D eigenvalue weighted by Crippen LogP contribution is -2.45. The monoisotopic (exact) mass is 1720 g/mol. The average molecular weight is 1720 g/mol. The van der Waals surface area contributed by atoms with Crippen molar-refractivity contribution < 1.29 is 103 Å². The molecule has 124 heavy (non-hydrogen) atoms. The number of aliphatic carboxylic acids is 6. The number of anilines is 1. The molecule has 0 aromatic heterocycles. The molecule has 8 heterocycles. The minimum absolute atomic E-state index is 0.0304. The van der Waals surface area contributed by atoms with Gasteiger partial charge in [0.2, 0.25) is 29.5 Å². The lowest BCUT2D eigenvalue weighted by molar-refractivity contribution is -0.141. The molecule has 2 aliphatic carbocycles. The van der Waals surface area contributed by atoms with Crippen molar-refractivity contribution >= 4 is 138 Å². The molecular formula is C86H117N17O21. The van der Waals surface area contributed by atoms with Crippen LogP contribution in [0.1, 0.15) is 181 Å². The second-order valence-electron chi connectivity index (χ2n) is 29.7. The Labute approximate surface area is 719 Å². The molecule has 2 saturated carbocycles. The lowest BCUT2D eigenvalue weighted by Gasteiger charge is -2.31. The smallest absolute Gasteiger partial charge is 0.308 e. The highest BCUT2D eigenvalue weighted by atomic mass is 16.4. The minimum Gasteiger partial charge on any atom is -0.481 e. The van der Waals surface area contributed by atoms with Gasteiger partial charge in [0.15, 0.2) is 0 Å². The van der Waals surface area contributed by atoms with E-state index < -0.39 is 41.7 Å². The number of carbonyl (C=O) groups excluding carboxylic acids is 8. The van der Waals surface area contributed by atoms with Crippen LogP contribution in [0.15, 0.2) is 158 Å². The molecule has 672 valence electrons. The van der Waals surface area contributed by atoms with E-state index in [0.717, 1.165) is 44.1 Å². The van der Waals surface area contributed by atoms with Gasteiger partial charge in [-0.3, -0.25) is 107 Å². The van der Waals surface area contributed by atoms with Crippen LogP contribution >= 0.6 is 0 Å². The maximum atomic E-state index is 12.0. The number of likely N-dealkylation sites (N-methyl/N-ethyl adjacent to an activating group) is 2. The van der Waals surface area contributed by atoms with Crippen molar-refractivity contribution in [1.82, 2.24) is 36.4 Å². The number of amides is 8. The summed E-state index contributed by atoms with van der Waals surface area (Å²) in [5.74, 6) is -6.22. The zero-order chi connectivity index (χ0) is 91.3. The van der Waals surface area contributed by atoms with Crippen molar-refractivity contribution in [3.8, 4) is 0 Å². The molecule has 0 spiro atoms. The van der Waals surface area contributed by atoms with E-state index >= 15 is 0 Å². The van der Waals surface area contributed by atoms with Gasteiger partial charge < -0.3 is 83.2 Å². The molecule has 7 atom stereocenters. The minimum atomic E-state index is -0.930. The molecule has 10 aliphatic rings. The normalized spacial score (nSPS) is 18.4. The topological polar surface area (TPSA) is 584 Å². The maximum absolute atomic E-state index is 12.0. The van der Waals surface area contributed by atoms with Crippen LogP contribution in [0.4, 0.5) is 5.69 Å². The summed E-state index contributed by atoms with van der Waals surface area (Å²) < 4.78 is 0. The van der Waals surface area contributed by atoms with Gasteiger partial charge in [-0.1, -0.05) is 50.8 Å². The zero-order valence-corrected chi connectivity index (χ0v) is 70.7. The third kappa shape index (κ3) is 41.0. The summed E-state index contributed by atoms with van der Waals surface area (Å²) in [5, 5.41) is 77.8. The highest BCUT2D eigenvalue weighted by Gasteiger charge is 2.29. The van der Waals surface area contributed by atoms with E-state index in [4.69, 9.17) is 36.4 Å². The van der Waals surface area contributed by atoms with Crippen molar-refractivity contribution in [1.29, 1.82) is 0 Å². The third-order valence-electron chi connectivity index (χ3n) is 19.9. The van der Waals surface area contributed by atoms with Crippen molar-refractivity contribution in [2.24, 2.45) is 63.4 Å². The van der Waals surface area contributed by atoms with Crippen LogP contribution < -0.4 is 37.6 Å². The second-order valence-corrected chi connectivity index (χ2v) is 29.7. The second kappa shape index (κ2) is 58.1. The number of nitrogens with zero attached hydrogens (tertiary/aromatic N) is 10. The van der Waals surface area contributed by atoms with Crippen LogP contribution in [0.25, 0.3) is 0 Å². The fraction of sp³-hybridized carbons (Fsp3) is 0.488. The van der Waals surface area contributed by atoms with E-state index in [2.05, 4.69) is 71.8 Å². The molecule has 0 radical (unpaired) electrons. The predicted octanol–water partition coefficient (Wildman–Crippen LogP) is 6.55. The summed E-state index contributed by atoms with van der Waals surface area (Å²) in [4.78, 5) is 189. The molecule has 7 unspecified atom stereocenters. The Kier molecular flexibility index (Phi) is 48.4. The highest BCUT2D eigenvalue weighted by Crippen LogP contribution is 2.26. The van der Waals surface area contributed by atoms with Crippen molar-refractivity contribution in [2.45, 2.75) is 206 Å². The number of aliphatic hydroxyl groups is 1. The Hall–Kier alpha value is -13.0. The number of aliphatic imine (C=N–C) groups is 8. The summed E-state index contributed by atoms with van der Waals surface area (Å²) in [7, 11) is 1.59. The number of nitrogens with one attached hydrogen (secondary N) is 6. The Bertz CT molecular complexity index is 4410. The molecule has 1 aromatic rings. The average Bonchev–Trinajstić information content (AvgIpc) is 1.21. The molecule has 2 fully saturated rings. The van der Waals surface area contributed by atoms with Gasteiger partial charge in [0.1, 0.15) is 0 Å². The molecule has 11 rings (SSSR count). The van der Waals surface area contributed by atoms with Gasteiger partial charge in [0, 0.05) is 278 Å². The summed E-state index contributed by atoms with van der Waals surface area (Å²) >= 11 is 0. The van der Waals surface area contributed by atoms with Gasteiger partial charge in [-0.15, -0.1) is 0 Å². The molecule has 8 aliphatic heterocycles. The van der Waals surface area contributed by atoms with Crippen LogP contribution in [-0.4, -0.2) is 249 Å². The van der Waals surface area contributed by atoms with E-state index in [1.807, 2.05) is 6.92 Å². The van der Waals surface area contributed by atoms with Gasteiger partial charge in [-0.05, 0) is 89.8 Å². The first-order chi connectivity index (χ1) is 59.3. The van der Waals surface area contributed by atoms with Crippen molar-refractivity contribution in [3.63, 3.8) is 0 Å². The standard InChI is InChI=1S/C13H12N2O3.C12H19N3O.C12H18N2O2.C11H16N2O3.2C10H14N2O3.2C9H12N2O3/c16-12(17)7-9-3-1-2-4-11(9)15-13(18)10-5-6-14-8-10;13-7-9-3-1-2-4-11(9)15-12(16)10-5-6-14-8-10;15-11-4-2-1-3-9(11)8-14-12(16)10-5-6-13-7-10;1-3-13(8(2)6-10(14)15)11(16)9-4-5-12-7-9;1-7(2-3-9(13)14)12-10(15)8-4-5-11-6-8;13-9(14)3-1-2-5-12-10(15)8-4-6-11-7-8;1-11(5-3-8(12)13)9(14)7-2-4-10-6-7;1-6(9(13)14)4-11-8(12)7-2-3-10-5-7/h1-4,6,8H,5,7H2,(H,15,18)(H,16,17);6,8-9,11H,1-5,7,13H2,(H,15,16);6-7,9,11,15H,1-5,8H2,(H,14,16);5,7-8H,3-4,6H2,1-2H3,(H,14,15);5-7H,2-4H2,1H3,(H,12,15)(H,13,14);6-7H,1-5H2,(H,12,15)(H,13,14);4,6H,2-3,5H2,1H3,(H,12,13);3,5-6H,2,4H2,1H3,(H,11,12)(H,13,14). The largest absolute Gasteiger partial charge is 0.481 e. The van der Waals surface area contributed by atoms with Gasteiger partial charge >= 0.3 is 35.8 Å². The zero-order valence-electron chi connectivity index (χ0n) is 70.7. The number of hydrogen-bond acceptors (Lipinski definition) is 24. The van der Waals surface area contributed by atoms with Crippen LogP contribution in [0.2, 0.25) is 0 Å². The van der Waals surface area contributed by atoms with E-state index in [1.54, 1.807) is 132 Å². The van der Waals surface area contributed by atoms with E-state index in [1.165, 1.54) is 42.5 Å². The molecule has 8 amide bonds. The SMILES string of the molecule is CC(CCC(=O)O)NC(=O)C1=CN=CC1.CC(CNC(=O)C1=CN=CC1)C(=O)O.CCN(C(=O)C1=CN=CC1)C(C)CC(=O)O.CN(CCC(=O)O)C(=O)C1=CN=CC1.NCC1CCCCC1NC(=O)C1=CN=CC1.O=C(NCC1CCCCC1O)C1=CN=CC1.O=C(O)CCCCNC(=O)C1=CN=CC1.O=C(O)Cc1ccccc1NC(=O)C1=CN=CC1. The third-order valence-corrected chi connectivity index (χ3v) is 19.9. The van der Waals surface area contributed by atoms with E-state index in [9.17, 15) is 72.2 Å². The van der Waals surface area contributed by atoms with Crippen LogP contribution in [0, 0.1) is 17.8 Å². The molecule has 38 nitrogen and oxygen atoms in total. The summed E-state index contributed by atoms with van der Waals surface area (Å²) in [6, 6.07) is 6.70. The number of aliphatic hydroxyl groups excluding tert-OH is 1. The predicted molar refractivity (Wildman–Crippen MR) is 468 cm³/mol. The van der Waals surface area contributed by atoms with Crippen LogP contribution in [-0.2, 0) is 73.5 Å². The number of carboxylic acid groups (broad SMARTS) is 6. The number of rotatable bonds is 34. The first kappa shape index (κ1) is 103. The number of nitrogens with two attached hydrogens (primary N) is 1. The lowest BCUT2D eigenvalue weighted by atomic mass is 9.84. The van der Waals surface area contributed by atoms with Crippen LogP contribution in [0.3, 0.4) is 0 Å². The quantitative estimate of drug-likeness (QED) is 0.0325. The fourth-order valence-electron chi connectivity index (χ4n) is 12.5. The molecular weight excluding hydrogens is 1610 g/mol. The summed E-state index contributed by atoms with van der Waals surface area (Å²) in [6.07, 6.45) is 40.6. The number of carbonyl (C=O) groups is 14. The van der Waals surface area contributed by atoms with Crippen molar-refractivity contribution in [3.05, 3.63) is 124 Å². The Morgan fingerprint density at radius 3 is 1.36 bits per heavy atom. The van der Waals surface area contributed by atoms with Gasteiger partial charge in [-0.2, -0.15) is 0 Å². The Morgan fingerprint density at radius 2 is 0.911 bits per heavy atom. The van der Waals surface area contributed by atoms with Gasteiger partial charge in [0.25, 0.3) is 17.7 Å². The molecule has 38 heteroatoms. The Balaban J connectivity index is 0.000000298.